The smallest absolute Gasteiger partial charge is 0.322 e. The maximum Gasteiger partial charge on any atom is 0.322 e. The monoisotopic (exact) mass is 435 g/mol. The molecule has 170 valence electrons. The topological polar surface area (TPSA) is 78.5 Å². The standard InChI is InChI=1S/C26H33N3O3/c1-16(2)26(24(31)27-25(32)28-26)22-9-7-20(8-10-22)23(30)29-12-11-19(15-29)14-21-6-5-17(3)13-18(21)4/h5-7,9,13,16,19H,8,10-12,14-15H2,1-4H3,(H2,27,28,31,32)/t19?,26-/m1/s1. The number of nitrogens with one attached hydrogen (secondary N) is 2. The first-order chi connectivity index (χ1) is 15.2. The molecule has 3 aliphatic rings. The molecular formula is C26H33N3O3. The van der Waals surface area contributed by atoms with Gasteiger partial charge in [0.25, 0.3) is 5.91 Å². The summed E-state index contributed by atoms with van der Waals surface area (Å²) in [7, 11) is 0. The molecule has 1 aromatic rings. The third-order valence-corrected chi connectivity index (χ3v) is 7.27. The molecule has 0 saturated carbocycles. The van der Waals surface area contributed by atoms with Crippen molar-refractivity contribution in [3.63, 3.8) is 0 Å². The lowest BCUT2D eigenvalue weighted by Gasteiger charge is -2.34. The fraction of sp³-hybridized carbons (Fsp3) is 0.500. The molecule has 1 unspecified atom stereocenters. The van der Waals surface area contributed by atoms with Crippen LogP contribution in [-0.4, -0.2) is 41.4 Å². The van der Waals surface area contributed by atoms with Gasteiger partial charge in [-0.3, -0.25) is 14.9 Å². The number of benzene rings is 1. The molecule has 2 atom stereocenters. The van der Waals surface area contributed by atoms with Gasteiger partial charge in [-0.25, -0.2) is 4.79 Å². The minimum Gasteiger partial charge on any atom is -0.339 e. The number of hydrogen-bond donors (Lipinski definition) is 2. The van der Waals surface area contributed by atoms with E-state index in [0.717, 1.165) is 37.1 Å². The number of carbonyl (C=O) groups excluding carboxylic acids is 3. The van der Waals surface area contributed by atoms with E-state index in [2.05, 4.69) is 42.7 Å². The van der Waals surface area contributed by atoms with Crippen LogP contribution in [0.3, 0.4) is 0 Å². The van der Waals surface area contributed by atoms with E-state index in [4.69, 9.17) is 0 Å². The minimum atomic E-state index is -1.02. The average molecular weight is 436 g/mol. The van der Waals surface area contributed by atoms with Crippen molar-refractivity contribution >= 4 is 17.8 Å². The first kappa shape index (κ1) is 22.3. The highest BCUT2D eigenvalue weighted by molar-refractivity contribution is 6.09. The lowest BCUT2D eigenvalue weighted by molar-refractivity contribution is -0.126. The third-order valence-electron chi connectivity index (χ3n) is 7.27. The number of imide groups is 1. The SMILES string of the molecule is Cc1ccc(CC2CCN(C(=O)C3=CC=C([C@@]4(C(C)C)NC(=O)NC4=O)CC3)C2)c(C)c1. The molecule has 2 N–H and O–H groups in total. The first-order valence-electron chi connectivity index (χ1n) is 11.6. The number of hydrogen-bond acceptors (Lipinski definition) is 3. The van der Waals surface area contributed by atoms with Gasteiger partial charge in [0.2, 0.25) is 5.91 Å². The Morgan fingerprint density at radius 1 is 1.19 bits per heavy atom. The molecule has 0 spiro atoms. The summed E-state index contributed by atoms with van der Waals surface area (Å²) in [6.07, 6.45) is 6.91. The predicted octanol–water partition coefficient (Wildman–Crippen LogP) is 3.58. The molecule has 0 radical (unpaired) electrons. The van der Waals surface area contributed by atoms with Crippen LogP contribution in [0.15, 0.2) is 41.5 Å². The van der Waals surface area contributed by atoms with E-state index >= 15 is 0 Å². The summed E-state index contributed by atoms with van der Waals surface area (Å²) in [4.78, 5) is 39.5. The van der Waals surface area contributed by atoms with Crippen LogP contribution in [0.4, 0.5) is 4.79 Å². The molecule has 4 amide bonds. The Kier molecular flexibility index (Phi) is 5.97. The fourth-order valence-corrected chi connectivity index (χ4v) is 5.39. The molecule has 1 aliphatic carbocycles. The van der Waals surface area contributed by atoms with Gasteiger partial charge in [0.15, 0.2) is 0 Å². The molecule has 1 aromatic carbocycles. The van der Waals surface area contributed by atoms with E-state index in [9.17, 15) is 14.4 Å². The summed E-state index contributed by atoms with van der Waals surface area (Å²) in [5.41, 5.74) is 4.60. The second-order valence-electron chi connectivity index (χ2n) is 9.79. The van der Waals surface area contributed by atoms with Crippen LogP contribution < -0.4 is 10.6 Å². The number of aryl methyl sites for hydroxylation is 2. The third kappa shape index (κ3) is 3.98. The predicted molar refractivity (Wildman–Crippen MR) is 124 cm³/mol. The van der Waals surface area contributed by atoms with Crippen LogP contribution in [0.1, 0.15) is 49.8 Å². The van der Waals surface area contributed by atoms with Gasteiger partial charge in [-0.2, -0.15) is 0 Å². The number of urea groups is 1. The van der Waals surface area contributed by atoms with E-state index < -0.39 is 11.6 Å². The van der Waals surface area contributed by atoms with Crippen molar-refractivity contribution in [2.75, 3.05) is 13.1 Å². The first-order valence-corrected chi connectivity index (χ1v) is 11.6. The van der Waals surface area contributed by atoms with E-state index in [0.29, 0.717) is 18.8 Å². The number of rotatable bonds is 5. The van der Waals surface area contributed by atoms with Gasteiger partial charge in [0, 0.05) is 18.7 Å². The molecule has 2 heterocycles. The van der Waals surface area contributed by atoms with Crippen LogP contribution in [-0.2, 0) is 16.0 Å². The quantitative estimate of drug-likeness (QED) is 0.694. The molecule has 6 heteroatoms. The van der Waals surface area contributed by atoms with Gasteiger partial charge in [0.05, 0.1) is 0 Å². The maximum absolute atomic E-state index is 13.1. The van der Waals surface area contributed by atoms with Crippen LogP contribution in [0.2, 0.25) is 0 Å². The van der Waals surface area contributed by atoms with Crippen molar-refractivity contribution in [1.82, 2.24) is 15.5 Å². The Morgan fingerprint density at radius 3 is 2.56 bits per heavy atom. The van der Waals surface area contributed by atoms with Crippen molar-refractivity contribution in [2.24, 2.45) is 11.8 Å². The summed E-state index contributed by atoms with van der Waals surface area (Å²) in [6, 6.07) is 6.14. The van der Waals surface area contributed by atoms with Crippen LogP contribution >= 0.6 is 0 Å². The van der Waals surface area contributed by atoms with E-state index in [1.807, 2.05) is 30.9 Å². The normalized spacial score (nSPS) is 25.5. The number of likely N-dealkylation sites (tertiary alicyclic amines) is 1. The van der Waals surface area contributed by atoms with Crippen molar-refractivity contribution in [3.8, 4) is 0 Å². The van der Waals surface area contributed by atoms with Gasteiger partial charge in [-0.15, -0.1) is 0 Å². The van der Waals surface area contributed by atoms with Gasteiger partial charge >= 0.3 is 6.03 Å². The molecule has 0 bridgehead atoms. The second kappa shape index (κ2) is 8.57. The van der Waals surface area contributed by atoms with Gasteiger partial charge in [-0.1, -0.05) is 49.8 Å². The number of carbonyl (C=O) groups is 3. The van der Waals surface area contributed by atoms with Crippen molar-refractivity contribution in [3.05, 3.63) is 58.2 Å². The molecule has 4 rings (SSSR count). The van der Waals surface area contributed by atoms with E-state index in [1.54, 1.807) is 0 Å². The number of amides is 4. The van der Waals surface area contributed by atoms with Gasteiger partial charge < -0.3 is 10.2 Å². The summed E-state index contributed by atoms with van der Waals surface area (Å²) in [5.74, 6) is 0.190. The summed E-state index contributed by atoms with van der Waals surface area (Å²) < 4.78 is 0. The molecule has 32 heavy (non-hydrogen) atoms. The second-order valence-corrected chi connectivity index (χ2v) is 9.79. The zero-order chi connectivity index (χ0) is 23.0. The Bertz CT molecular complexity index is 1020. The zero-order valence-electron chi connectivity index (χ0n) is 19.5. The Balaban J connectivity index is 1.43. The zero-order valence-corrected chi connectivity index (χ0v) is 19.5. The Labute approximate surface area is 190 Å². The van der Waals surface area contributed by atoms with Crippen molar-refractivity contribution in [2.45, 2.75) is 58.9 Å². The van der Waals surface area contributed by atoms with Gasteiger partial charge in [0.1, 0.15) is 5.54 Å². The number of nitrogens with zero attached hydrogens (tertiary/aromatic N) is 1. The number of allylic oxidation sites excluding steroid dienone is 2. The molecular weight excluding hydrogens is 402 g/mol. The van der Waals surface area contributed by atoms with Crippen molar-refractivity contribution in [1.29, 1.82) is 0 Å². The molecule has 0 aromatic heterocycles. The molecule has 2 fully saturated rings. The van der Waals surface area contributed by atoms with Gasteiger partial charge in [-0.05, 0) is 68.1 Å². The summed E-state index contributed by atoms with van der Waals surface area (Å²) >= 11 is 0. The lowest BCUT2D eigenvalue weighted by Crippen LogP contribution is -2.53. The summed E-state index contributed by atoms with van der Waals surface area (Å²) in [5, 5.41) is 5.20. The highest BCUT2D eigenvalue weighted by Gasteiger charge is 2.51. The molecule has 2 saturated heterocycles. The summed E-state index contributed by atoms with van der Waals surface area (Å²) in [6.45, 7) is 9.70. The van der Waals surface area contributed by atoms with E-state index in [-0.39, 0.29) is 17.7 Å². The minimum absolute atomic E-state index is 0.0876. The Hall–Kier alpha value is -2.89. The van der Waals surface area contributed by atoms with E-state index in [1.165, 1.54) is 16.7 Å². The van der Waals surface area contributed by atoms with Crippen LogP contribution in [0.25, 0.3) is 0 Å². The fourth-order valence-electron chi connectivity index (χ4n) is 5.39. The van der Waals surface area contributed by atoms with Crippen LogP contribution in [0, 0.1) is 25.7 Å². The average Bonchev–Trinajstić information content (AvgIpc) is 3.34. The Morgan fingerprint density at radius 2 is 1.97 bits per heavy atom. The lowest BCUT2D eigenvalue weighted by atomic mass is 9.75. The van der Waals surface area contributed by atoms with Crippen molar-refractivity contribution < 1.29 is 14.4 Å². The highest BCUT2D eigenvalue weighted by atomic mass is 16.2. The molecule has 2 aliphatic heterocycles. The van der Waals surface area contributed by atoms with Crippen LogP contribution in [0.5, 0.6) is 0 Å². The molecule has 6 nitrogen and oxygen atoms in total. The highest BCUT2D eigenvalue weighted by Crippen LogP contribution is 2.36. The largest absolute Gasteiger partial charge is 0.339 e. The maximum atomic E-state index is 13.1.